The lowest BCUT2D eigenvalue weighted by Crippen LogP contribution is -2.40. The van der Waals surface area contributed by atoms with Crippen LogP contribution in [0.2, 0.25) is 18.1 Å². The Morgan fingerprint density at radius 2 is 2.09 bits per heavy atom. The van der Waals surface area contributed by atoms with Gasteiger partial charge in [-0.25, -0.2) is 4.39 Å². The third-order valence-corrected chi connectivity index (χ3v) is 8.44. The van der Waals surface area contributed by atoms with Gasteiger partial charge in [-0.15, -0.1) is 0 Å². The third-order valence-electron chi connectivity index (χ3n) is 4.92. The van der Waals surface area contributed by atoms with Crippen molar-refractivity contribution in [1.82, 2.24) is 0 Å². The maximum atomic E-state index is 14.0. The van der Waals surface area contributed by atoms with E-state index in [-0.39, 0.29) is 16.9 Å². The fourth-order valence-electron chi connectivity index (χ4n) is 2.86. The van der Waals surface area contributed by atoms with Crippen molar-refractivity contribution >= 4 is 33.2 Å². The first kappa shape index (κ1) is 17.2. The van der Waals surface area contributed by atoms with E-state index in [2.05, 4.69) is 13.8 Å². The number of carbonyl (C=O) groups excluding carboxylic acids is 1. The van der Waals surface area contributed by atoms with Gasteiger partial charge in [-0.05, 0) is 42.6 Å². The van der Waals surface area contributed by atoms with Gasteiger partial charge in [0, 0.05) is 13.0 Å². The van der Waals surface area contributed by atoms with Crippen LogP contribution in [0, 0.1) is 11.7 Å². The Morgan fingerprint density at radius 3 is 2.64 bits per heavy atom. The Bertz CT molecular complexity index is 586. The van der Waals surface area contributed by atoms with Gasteiger partial charge in [-0.3, -0.25) is 4.79 Å². The molecular weight excluding hydrogens is 296 g/mol. The summed E-state index contributed by atoms with van der Waals surface area (Å²) in [6, 6.07) is 4.40. The molecule has 1 aliphatic heterocycles. The van der Waals surface area contributed by atoms with Crippen LogP contribution in [0.3, 0.4) is 0 Å². The van der Waals surface area contributed by atoms with E-state index < -0.39 is 14.1 Å². The minimum Gasteiger partial charge on any atom is -0.432 e. The van der Waals surface area contributed by atoms with Gasteiger partial charge in [0.15, 0.2) is 8.32 Å². The summed E-state index contributed by atoms with van der Waals surface area (Å²) >= 11 is 0. The van der Waals surface area contributed by atoms with Crippen molar-refractivity contribution < 1.29 is 14.0 Å². The van der Waals surface area contributed by atoms with Gasteiger partial charge in [-0.2, -0.15) is 0 Å². The number of hydrogen-bond acceptors (Lipinski definition) is 2. The van der Waals surface area contributed by atoms with E-state index in [9.17, 15) is 14.0 Å². The lowest BCUT2D eigenvalue weighted by atomic mass is 9.95. The summed E-state index contributed by atoms with van der Waals surface area (Å²) in [5, 5.41) is -0.187. The molecule has 0 bridgehead atoms. The van der Waals surface area contributed by atoms with Gasteiger partial charge in [0.2, 0.25) is 5.91 Å². The molecule has 0 spiro atoms. The van der Waals surface area contributed by atoms with Crippen LogP contribution in [-0.4, -0.2) is 33.4 Å². The highest BCUT2D eigenvalue weighted by molar-refractivity contribution is 6.72. The van der Waals surface area contributed by atoms with Crippen LogP contribution >= 0.6 is 0 Å². The Hall–Kier alpha value is -1.14. The zero-order chi connectivity index (χ0) is 16.7. The zero-order valence-electron chi connectivity index (χ0n) is 13.7. The van der Waals surface area contributed by atoms with Crippen molar-refractivity contribution in [3.8, 4) is 0 Å². The number of nitrogens with zero attached hydrogens (tertiary/aromatic N) is 1. The SMILES string of the molecule is [B]c1ccc(N2C[C@H](CC(C)(C)[Si](C)(C)O)CC2=O)c(F)c1. The maximum absolute atomic E-state index is 14.0. The molecule has 0 unspecified atom stereocenters. The summed E-state index contributed by atoms with van der Waals surface area (Å²) in [5.41, 5.74) is 0.638. The molecule has 3 nitrogen and oxygen atoms in total. The van der Waals surface area contributed by atoms with Crippen molar-refractivity contribution in [2.24, 2.45) is 5.92 Å². The summed E-state index contributed by atoms with van der Waals surface area (Å²) in [6.07, 6.45) is 1.17. The van der Waals surface area contributed by atoms with Gasteiger partial charge in [0.25, 0.3) is 0 Å². The molecule has 1 fully saturated rings. The molecule has 0 aromatic heterocycles. The number of benzene rings is 1. The average Bonchev–Trinajstić information content (AvgIpc) is 2.67. The molecule has 2 rings (SSSR count). The number of carbonyl (C=O) groups is 1. The Kier molecular flexibility index (Phi) is 4.55. The summed E-state index contributed by atoms with van der Waals surface area (Å²) in [7, 11) is 3.24. The summed E-state index contributed by atoms with van der Waals surface area (Å²) in [5.74, 6) is -0.398. The van der Waals surface area contributed by atoms with E-state index in [1.807, 2.05) is 13.1 Å². The second-order valence-electron chi connectivity index (χ2n) is 7.43. The van der Waals surface area contributed by atoms with E-state index >= 15 is 0 Å². The minimum atomic E-state index is -2.31. The molecule has 1 amide bonds. The van der Waals surface area contributed by atoms with Crippen molar-refractivity contribution in [2.75, 3.05) is 11.4 Å². The molecule has 1 aliphatic rings. The van der Waals surface area contributed by atoms with Gasteiger partial charge < -0.3 is 9.70 Å². The topological polar surface area (TPSA) is 40.5 Å². The molecule has 1 heterocycles. The smallest absolute Gasteiger partial charge is 0.227 e. The molecule has 1 aromatic rings. The number of halogens is 1. The van der Waals surface area contributed by atoms with Crippen molar-refractivity contribution in [3.05, 3.63) is 24.0 Å². The molecule has 1 atom stereocenters. The summed E-state index contributed by atoms with van der Waals surface area (Å²) in [4.78, 5) is 24.1. The van der Waals surface area contributed by atoms with Crippen molar-refractivity contribution in [2.45, 2.75) is 44.8 Å². The molecule has 0 aliphatic carbocycles. The van der Waals surface area contributed by atoms with Crippen LogP contribution < -0.4 is 10.4 Å². The fraction of sp³-hybridized carbons (Fsp3) is 0.562. The highest BCUT2D eigenvalue weighted by Crippen LogP contribution is 2.44. The second kappa shape index (κ2) is 5.81. The maximum Gasteiger partial charge on any atom is 0.227 e. The first-order chi connectivity index (χ1) is 10.0. The minimum absolute atomic E-state index is 0.0677. The Labute approximate surface area is 134 Å². The molecule has 2 radical (unpaired) electrons. The molecule has 118 valence electrons. The highest BCUT2D eigenvalue weighted by atomic mass is 28.4. The molecule has 1 aromatic carbocycles. The van der Waals surface area contributed by atoms with E-state index in [0.29, 0.717) is 24.1 Å². The first-order valence-electron chi connectivity index (χ1n) is 7.59. The number of anilines is 1. The molecule has 1 saturated heterocycles. The van der Waals surface area contributed by atoms with Crippen molar-refractivity contribution in [1.29, 1.82) is 0 Å². The van der Waals surface area contributed by atoms with E-state index in [1.54, 1.807) is 12.1 Å². The van der Waals surface area contributed by atoms with E-state index in [4.69, 9.17) is 7.85 Å². The van der Waals surface area contributed by atoms with Gasteiger partial charge in [0.05, 0.1) is 5.69 Å². The zero-order valence-corrected chi connectivity index (χ0v) is 14.7. The van der Waals surface area contributed by atoms with Gasteiger partial charge in [-0.1, -0.05) is 25.4 Å². The van der Waals surface area contributed by atoms with Crippen LogP contribution in [0.1, 0.15) is 26.7 Å². The summed E-state index contributed by atoms with van der Waals surface area (Å²) in [6.45, 7) is 8.43. The Balaban J connectivity index is 2.15. The van der Waals surface area contributed by atoms with Crippen LogP contribution in [0.5, 0.6) is 0 Å². The van der Waals surface area contributed by atoms with Gasteiger partial charge >= 0.3 is 0 Å². The average molecular weight is 319 g/mol. The number of hydrogen-bond donors (Lipinski definition) is 1. The quantitative estimate of drug-likeness (QED) is 0.866. The van der Waals surface area contributed by atoms with Crippen LogP contribution in [0.4, 0.5) is 10.1 Å². The standard InChI is InChI=1S/C16H23BFNO2Si/c1-16(2,22(3,4)21)9-11-7-15(20)19(10-11)14-6-5-12(17)8-13(14)18/h5-6,8,11,21H,7,9-10H2,1-4H3/t11-/m0/s1. The Morgan fingerprint density at radius 1 is 1.45 bits per heavy atom. The lowest BCUT2D eigenvalue weighted by Gasteiger charge is -2.36. The van der Waals surface area contributed by atoms with Crippen LogP contribution in [0.15, 0.2) is 18.2 Å². The van der Waals surface area contributed by atoms with E-state index in [0.717, 1.165) is 6.42 Å². The molecule has 22 heavy (non-hydrogen) atoms. The van der Waals surface area contributed by atoms with Gasteiger partial charge in [0.1, 0.15) is 13.7 Å². The molecule has 1 N–H and O–H groups in total. The normalized spacial score (nSPS) is 19.8. The monoisotopic (exact) mass is 319 g/mol. The molecular formula is C16H23BFNO2Si. The van der Waals surface area contributed by atoms with Crippen LogP contribution in [0.25, 0.3) is 0 Å². The molecule has 0 saturated carbocycles. The molecule has 6 heteroatoms. The first-order valence-corrected chi connectivity index (χ1v) is 10.5. The fourth-order valence-corrected chi connectivity index (χ4v) is 3.65. The lowest BCUT2D eigenvalue weighted by molar-refractivity contribution is -0.117. The van der Waals surface area contributed by atoms with E-state index in [1.165, 1.54) is 11.0 Å². The van der Waals surface area contributed by atoms with Crippen molar-refractivity contribution in [3.63, 3.8) is 0 Å². The number of amides is 1. The highest BCUT2D eigenvalue weighted by Gasteiger charge is 2.42. The second-order valence-corrected chi connectivity index (χ2v) is 11.9. The largest absolute Gasteiger partial charge is 0.432 e. The third kappa shape index (κ3) is 3.43. The van der Waals surface area contributed by atoms with Crippen LogP contribution in [-0.2, 0) is 4.79 Å². The number of rotatable bonds is 4. The predicted octanol–water partition coefficient (Wildman–Crippen LogP) is 2.34. The predicted molar refractivity (Wildman–Crippen MR) is 90.6 cm³/mol. The summed E-state index contributed by atoms with van der Waals surface area (Å²) < 4.78 is 14.0.